The molecule has 0 amide bonds. The molecule has 4 aliphatic rings. The Bertz CT molecular complexity index is 1720. The largest absolute Gasteiger partial charge is 0.481 e. The minimum Gasteiger partial charge on any atom is -0.481 e. The van der Waals surface area contributed by atoms with Crippen molar-refractivity contribution in [2.75, 3.05) is 59.5 Å². The van der Waals surface area contributed by atoms with Crippen molar-refractivity contribution in [3.63, 3.8) is 0 Å². The molecule has 0 heterocycles. The molecule has 0 aromatic heterocycles. The van der Waals surface area contributed by atoms with Gasteiger partial charge < -0.3 is 24.4 Å². The summed E-state index contributed by atoms with van der Waals surface area (Å²) in [6.07, 6.45) is 8.66. The lowest BCUT2D eigenvalue weighted by Crippen LogP contribution is -2.59. The Hall–Kier alpha value is -2.39. The summed E-state index contributed by atoms with van der Waals surface area (Å²) in [4.78, 5) is 43.3. The van der Waals surface area contributed by atoms with Crippen molar-refractivity contribution in [2.24, 2.45) is 46.3 Å². The van der Waals surface area contributed by atoms with Gasteiger partial charge in [0, 0.05) is 72.9 Å². The van der Waals surface area contributed by atoms with Crippen LogP contribution in [0.25, 0.3) is 0 Å². The van der Waals surface area contributed by atoms with E-state index in [-0.39, 0.29) is 66.1 Å². The van der Waals surface area contributed by atoms with Crippen molar-refractivity contribution >= 4 is 75.7 Å². The maximum absolute atomic E-state index is 14.0. The fourth-order valence-corrected chi connectivity index (χ4v) is 13.3. The van der Waals surface area contributed by atoms with E-state index in [2.05, 4.69) is 30.6 Å². The topological polar surface area (TPSA) is 96.4 Å². The predicted molar refractivity (Wildman–Crippen MR) is 244 cm³/mol. The standard InChI is InChI=1S/C48H66Cl4N2O6/c1-32(4-17-44(55)56)40-15-16-41-39-14-9-35-30-38(59-45(57)28-33-5-10-36(11-6-33)53(24-20-49)25-21-50)18-19-47(35,2)42(39)31-43(48(40,41)3)60-46(58)29-34-7-12-37(13-8-34)54(26-22-51)27-23-52/h5-8,10-13,32,35,38-43H,4,9,14-31H2,1-3H3,(H,55,56)/t32-,35-,38-,39-,40+,41-,42-,43+,47-,48+/m0/s1. The van der Waals surface area contributed by atoms with Crippen LogP contribution in [-0.2, 0) is 36.7 Å². The fraction of sp³-hybridized carbons (Fsp3) is 0.688. The first-order chi connectivity index (χ1) is 28.8. The summed E-state index contributed by atoms with van der Waals surface area (Å²) >= 11 is 24.1. The highest BCUT2D eigenvalue weighted by molar-refractivity contribution is 6.19. The smallest absolute Gasteiger partial charge is 0.310 e. The van der Waals surface area contributed by atoms with E-state index < -0.39 is 5.97 Å². The number of esters is 2. The highest BCUT2D eigenvalue weighted by Crippen LogP contribution is 2.69. The van der Waals surface area contributed by atoms with Gasteiger partial charge in [0.15, 0.2) is 0 Å². The number of anilines is 2. The van der Waals surface area contributed by atoms with E-state index >= 15 is 0 Å². The Morgan fingerprint density at radius 2 is 1.25 bits per heavy atom. The SMILES string of the molecule is C[C@@H](CCC(=O)O)[C@H]1CC[C@H]2[C@@H]3CC[C@H]4C[C@@H](OC(=O)Cc5ccc(N(CCCl)CCCl)cc5)CC[C@]4(C)[C@H]3C[C@@H](OC(=O)Cc3ccc(N(CCCl)CCCl)cc3)[C@]12C. The molecule has 0 bridgehead atoms. The maximum Gasteiger partial charge on any atom is 0.310 e. The lowest BCUT2D eigenvalue weighted by atomic mass is 9.43. The molecule has 60 heavy (non-hydrogen) atoms. The third-order valence-electron chi connectivity index (χ3n) is 15.6. The van der Waals surface area contributed by atoms with Crippen LogP contribution in [0.1, 0.15) is 96.1 Å². The Morgan fingerprint density at radius 1 is 0.717 bits per heavy atom. The number of alkyl halides is 4. The van der Waals surface area contributed by atoms with Crippen LogP contribution in [0.3, 0.4) is 0 Å². The zero-order chi connectivity index (χ0) is 43.0. The van der Waals surface area contributed by atoms with E-state index in [1.54, 1.807) is 0 Å². The molecule has 1 N–H and O–H groups in total. The van der Waals surface area contributed by atoms with Gasteiger partial charge in [0.25, 0.3) is 0 Å². The number of hydrogen-bond donors (Lipinski definition) is 1. The third kappa shape index (κ3) is 10.7. The van der Waals surface area contributed by atoms with Gasteiger partial charge in [0.1, 0.15) is 12.2 Å². The van der Waals surface area contributed by atoms with Gasteiger partial charge in [-0.05, 0) is 134 Å². The number of nitrogens with zero attached hydrogens (tertiary/aromatic N) is 2. The van der Waals surface area contributed by atoms with E-state index in [0.29, 0.717) is 79.8 Å². The monoisotopic (exact) mass is 906 g/mol. The second-order valence-electron chi connectivity index (χ2n) is 18.6. The summed E-state index contributed by atoms with van der Waals surface area (Å²) < 4.78 is 12.9. The quantitative estimate of drug-likeness (QED) is 0.104. The molecule has 0 aliphatic heterocycles. The molecule has 10 atom stereocenters. The average molecular weight is 909 g/mol. The highest BCUT2D eigenvalue weighted by Gasteiger charge is 2.65. The predicted octanol–water partition coefficient (Wildman–Crippen LogP) is 10.6. The second kappa shape index (κ2) is 21.3. The lowest BCUT2D eigenvalue weighted by Gasteiger charge is -2.62. The van der Waals surface area contributed by atoms with Crippen molar-refractivity contribution in [1.29, 1.82) is 0 Å². The number of carboxylic acids is 1. The van der Waals surface area contributed by atoms with Crippen molar-refractivity contribution in [3.05, 3.63) is 59.7 Å². The van der Waals surface area contributed by atoms with E-state index in [1.165, 1.54) is 0 Å². The third-order valence-corrected chi connectivity index (χ3v) is 16.2. The number of carboxylic acid groups (broad SMARTS) is 1. The molecular weight excluding hydrogens is 842 g/mol. The van der Waals surface area contributed by atoms with Crippen molar-refractivity contribution in [2.45, 2.75) is 110 Å². The van der Waals surface area contributed by atoms with Crippen LogP contribution >= 0.6 is 46.4 Å². The number of carbonyl (C=O) groups is 3. The number of hydrogen-bond acceptors (Lipinski definition) is 7. The molecule has 332 valence electrons. The minimum atomic E-state index is -0.761. The maximum atomic E-state index is 14.0. The molecular formula is C48H66Cl4N2O6. The Kier molecular flexibility index (Phi) is 16.7. The number of aliphatic carboxylic acids is 1. The second-order valence-corrected chi connectivity index (χ2v) is 20.1. The molecule has 6 rings (SSSR count). The normalized spacial score (nSPS) is 30.0. The minimum absolute atomic E-state index is 0.0480. The first kappa shape index (κ1) is 47.1. The summed E-state index contributed by atoms with van der Waals surface area (Å²) in [5.74, 6) is 3.09. The molecule has 2 aromatic rings. The number of fused-ring (bicyclic) bond motifs is 5. The Balaban J connectivity index is 1.14. The number of ether oxygens (including phenoxy) is 2. The van der Waals surface area contributed by atoms with E-state index in [9.17, 15) is 19.5 Å². The summed E-state index contributed by atoms with van der Waals surface area (Å²) in [7, 11) is 0. The first-order valence-corrected chi connectivity index (χ1v) is 24.5. The lowest BCUT2D eigenvalue weighted by molar-refractivity contribution is -0.199. The summed E-state index contributed by atoms with van der Waals surface area (Å²) in [5, 5.41) is 9.58. The molecule has 4 saturated carbocycles. The summed E-state index contributed by atoms with van der Waals surface area (Å²) in [6, 6.07) is 16.1. The van der Waals surface area contributed by atoms with Gasteiger partial charge in [-0.3, -0.25) is 14.4 Å². The molecule has 2 aromatic carbocycles. The molecule has 0 unspecified atom stereocenters. The van der Waals surface area contributed by atoms with Gasteiger partial charge in [0.05, 0.1) is 12.8 Å². The number of rotatable bonds is 20. The van der Waals surface area contributed by atoms with Crippen LogP contribution < -0.4 is 9.80 Å². The van der Waals surface area contributed by atoms with Crippen molar-refractivity contribution < 1.29 is 29.0 Å². The van der Waals surface area contributed by atoms with E-state index in [4.69, 9.17) is 55.9 Å². The highest BCUT2D eigenvalue weighted by atomic mass is 35.5. The van der Waals surface area contributed by atoms with Gasteiger partial charge in [0.2, 0.25) is 0 Å². The van der Waals surface area contributed by atoms with E-state index in [0.717, 1.165) is 73.9 Å². The number of halogens is 4. The van der Waals surface area contributed by atoms with Gasteiger partial charge >= 0.3 is 17.9 Å². The van der Waals surface area contributed by atoms with Crippen LogP contribution in [0.4, 0.5) is 11.4 Å². The molecule has 8 nitrogen and oxygen atoms in total. The zero-order valence-electron chi connectivity index (χ0n) is 35.8. The average Bonchev–Trinajstić information content (AvgIpc) is 3.59. The molecule has 12 heteroatoms. The molecule has 0 saturated heterocycles. The van der Waals surface area contributed by atoms with E-state index in [1.807, 2.05) is 48.5 Å². The molecule has 0 spiro atoms. The van der Waals surface area contributed by atoms with Crippen molar-refractivity contribution in [3.8, 4) is 0 Å². The first-order valence-electron chi connectivity index (χ1n) is 22.4. The Labute approximate surface area is 378 Å². The zero-order valence-corrected chi connectivity index (χ0v) is 38.8. The van der Waals surface area contributed by atoms with Crippen molar-refractivity contribution in [1.82, 2.24) is 0 Å². The van der Waals surface area contributed by atoms with Crippen LogP contribution in [0.2, 0.25) is 0 Å². The molecule has 0 radical (unpaired) electrons. The van der Waals surface area contributed by atoms with Gasteiger partial charge in [-0.2, -0.15) is 0 Å². The number of carbonyl (C=O) groups excluding carboxylic acids is 2. The number of benzene rings is 2. The summed E-state index contributed by atoms with van der Waals surface area (Å²) in [5.41, 5.74) is 3.70. The van der Waals surface area contributed by atoms with Crippen LogP contribution in [0.5, 0.6) is 0 Å². The fourth-order valence-electron chi connectivity index (χ4n) is 12.5. The van der Waals surface area contributed by atoms with Gasteiger partial charge in [-0.15, -0.1) is 46.4 Å². The molecule has 4 aliphatic carbocycles. The van der Waals surface area contributed by atoms with Gasteiger partial charge in [-0.25, -0.2) is 0 Å². The molecule has 4 fully saturated rings. The van der Waals surface area contributed by atoms with Crippen LogP contribution in [0.15, 0.2) is 48.5 Å². The Morgan fingerprint density at radius 3 is 1.77 bits per heavy atom. The summed E-state index contributed by atoms with van der Waals surface area (Å²) in [6.45, 7) is 9.84. The van der Waals surface area contributed by atoms with Gasteiger partial charge in [-0.1, -0.05) is 45.0 Å². The van der Waals surface area contributed by atoms with Crippen LogP contribution in [-0.4, -0.2) is 84.9 Å². The van der Waals surface area contributed by atoms with Crippen LogP contribution in [0, 0.1) is 46.3 Å².